The Labute approximate surface area is 115 Å². The van der Waals surface area contributed by atoms with Crippen molar-refractivity contribution in [2.24, 2.45) is 0 Å². The third-order valence-corrected chi connectivity index (χ3v) is 3.98. The molecule has 19 heavy (non-hydrogen) atoms. The minimum Gasteiger partial charge on any atom is -0.312 e. The van der Waals surface area contributed by atoms with Gasteiger partial charge in [-0.15, -0.1) is 0 Å². The molecule has 2 rings (SSSR count). The second-order valence-electron chi connectivity index (χ2n) is 4.28. The van der Waals surface area contributed by atoms with E-state index in [1.807, 2.05) is 0 Å². The van der Waals surface area contributed by atoms with Crippen LogP contribution in [0.4, 0.5) is 4.39 Å². The van der Waals surface area contributed by atoms with Gasteiger partial charge >= 0.3 is 4.87 Å². The van der Waals surface area contributed by atoms with Gasteiger partial charge in [0, 0.05) is 11.4 Å². The van der Waals surface area contributed by atoms with E-state index in [-0.39, 0.29) is 10.7 Å². The SMILES string of the molecule is CCN(CC)Cc1sc(=O)[nH]c1-c1ccc(F)cc1. The maximum atomic E-state index is 12.9. The number of aromatic nitrogens is 1. The average Bonchev–Trinajstić information content (AvgIpc) is 2.77. The van der Waals surface area contributed by atoms with Gasteiger partial charge in [0.05, 0.1) is 5.69 Å². The molecule has 5 heteroatoms. The summed E-state index contributed by atoms with van der Waals surface area (Å²) in [6.45, 7) is 6.80. The van der Waals surface area contributed by atoms with E-state index >= 15 is 0 Å². The molecule has 0 radical (unpaired) electrons. The van der Waals surface area contributed by atoms with Crippen LogP contribution in [-0.2, 0) is 6.54 Å². The molecule has 2 aromatic rings. The molecule has 0 atom stereocenters. The van der Waals surface area contributed by atoms with Gasteiger partial charge in [0.1, 0.15) is 5.82 Å². The van der Waals surface area contributed by atoms with E-state index in [0.29, 0.717) is 0 Å². The first-order valence-corrected chi connectivity index (χ1v) is 7.16. The van der Waals surface area contributed by atoms with Gasteiger partial charge in [-0.3, -0.25) is 9.69 Å². The molecule has 3 nitrogen and oxygen atoms in total. The van der Waals surface area contributed by atoms with Crippen LogP contribution in [0, 0.1) is 5.82 Å². The summed E-state index contributed by atoms with van der Waals surface area (Å²) in [5.41, 5.74) is 1.66. The molecule has 0 saturated heterocycles. The Morgan fingerprint density at radius 3 is 2.42 bits per heavy atom. The molecular weight excluding hydrogens is 263 g/mol. The van der Waals surface area contributed by atoms with E-state index in [2.05, 4.69) is 23.7 Å². The van der Waals surface area contributed by atoms with Crippen molar-refractivity contribution in [3.05, 3.63) is 44.6 Å². The fraction of sp³-hybridized carbons (Fsp3) is 0.357. The Balaban J connectivity index is 2.35. The van der Waals surface area contributed by atoms with E-state index in [4.69, 9.17) is 0 Å². The Kier molecular flexibility index (Phi) is 4.50. The van der Waals surface area contributed by atoms with Crippen LogP contribution in [0.25, 0.3) is 11.3 Å². The Morgan fingerprint density at radius 2 is 1.84 bits per heavy atom. The number of rotatable bonds is 5. The number of H-pyrrole nitrogens is 1. The molecule has 0 aliphatic carbocycles. The molecular formula is C14H17FN2OS. The summed E-state index contributed by atoms with van der Waals surface area (Å²) < 4.78 is 12.9. The number of hydrogen-bond donors (Lipinski definition) is 1. The number of halogens is 1. The van der Waals surface area contributed by atoms with Crippen LogP contribution in [0.2, 0.25) is 0 Å². The lowest BCUT2D eigenvalue weighted by atomic mass is 10.1. The number of nitrogens with one attached hydrogen (secondary N) is 1. The monoisotopic (exact) mass is 280 g/mol. The lowest BCUT2D eigenvalue weighted by Crippen LogP contribution is -2.21. The number of hydrogen-bond acceptors (Lipinski definition) is 3. The molecule has 1 aromatic heterocycles. The van der Waals surface area contributed by atoms with Crippen molar-refractivity contribution < 1.29 is 4.39 Å². The zero-order valence-electron chi connectivity index (χ0n) is 11.1. The minimum atomic E-state index is -0.272. The molecule has 1 heterocycles. The number of thiazole rings is 1. The summed E-state index contributed by atoms with van der Waals surface area (Å²) in [6, 6.07) is 6.21. The second-order valence-corrected chi connectivity index (χ2v) is 5.35. The summed E-state index contributed by atoms with van der Waals surface area (Å²) in [5, 5.41) is 0. The summed E-state index contributed by atoms with van der Waals surface area (Å²) in [5.74, 6) is -0.272. The van der Waals surface area contributed by atoms with Crippen molar-refractivity contribution in [3.8, 4) is 11.3 Å². The molecule has 1 aromatic carbocycles. The van der Waals surface area contributed by atoms with Crippen LogP contribution in [0.5, 0.6) is 0 Å². The fourth-order valence-corrected chi connectivity index (χ4v) is 2.87. The first-order chi connectivity index (χ1) is 9.13. The average molecular weight is 280 g/mol. The quantitative estimate of drug-likeness (QED) is 0.913. The molecule has 0 saturated carbocycles. The summed E-state index contributed by atoms with van der Waals surface area (Å²) in [4.78, 5) is 17.6. The van der Waals surface area contributed by atoms with Gasteiger partial charge in [0.2, 0.25) is 0 Å². The Bertz CT molecular complexity index is 584. The first kappa shape index (κ1) is 14.0. The van der Waals surface area contributed by atoms with Crippen molar-refractivity contribution in [2.45, 2.75) is 20.4 Å². The summed E-state index contributed by atoms with van der Waals surface area (Å²) in [6.07, 6.45) is 0. The summed E-state index contributed by atoms with van der Waals surface area (Å²) >= 11 is 1.23. The zero-order valence-corrected chi connectivity index (χ0v) is 11.9. The highest BCUT2D eigenvalue weighted by Crippen LogP contribution is 2.24. The smallest absolute Gasteiger partial charge is 0.305 e. The van der Waals surface area contributed by atoms with E-state index in [1.54, 1.807) is 12.1 Å². The standard InChI is InChI=1S/C14H17FN2OS/c1-3-17(4-2)9-12-13(16-14(18)19-12)10-5-7-11(15)8-6-10/h5-8H,3-4,9H2,1-2H3,(H,16,18). The highest BCUT2D eigenvalue weighted by Gasteiger charge is 2.12. The predicted molar refractivity (Wildman–Crippen MR) is 77.0 cm³/mol. The second kappa shape index (κ2) is 6.12. The Morgan fingerprint density at radius 1 is 1.21 bits per heavy atom. The van der Waals surface area contributed by atoms with Crippen LogP contribution in [0.15, 0.2) is 29.1 Å². The van der Waals surface area contributed by atoms with Crippen molar-refractivity contribution in [3.63, 3.8) is 0 Å². The number of nitrogens with zero attached hydrogens (tertiary/aromatic N) is 1. The van der Waals surface area contributed by atoms with E-state index in [0.717, 1.165) is 35.8 Å². The van der Waals surface area contributed by atoms with Crippen molar-refractivity contribution in [1.29, 1.82) is 0 Å². The molecule has 0 fully saturated rings. The van der Waals surface area contributed by atoms with Gasteiger partial charge in [0.25, 0.3) is 0 Å². The van der Waals surface area contributed by atoms with Crippen molar-refractivity contribution >= 4 is 11.3 Å². The number of benzene rings is 1. The third-order valence-electron chi connectivity index (χ3n) is 3.12. The largest absolute Gasteiger partial charge is 0.312 e. The normalized spacial score (nSPS) is 11.2. The summed E-state index contributed by atoms with van der Waals surface area (Å²) in [7, 11) is 0. The Hall–Kier alpha value is -1.46. The molecule has 0 aliphatic rings. The lowest BCUT2D eigenvalue weighted by Gasteiger charge is -2.17. The van der Waals surface area contributed by atoms with E-state index in [9.17, 15) is 9.18 Å². The van der Waals surface area contributed by atoms with Gasteiger partial charge in [-0.1, -0.05) is 25.2 Å². The molecule has 0 unspecified atom stereocenters. The van der Waals surface area contributed by atoms with Gasteiger partial charge in [-0.25, -0.2) is 4.39 Å². The first-order valence-electron chi connectivity index (χ1n) is 6.34. The van der Waals surface area contributed by atoms with Crippen LogP contribution in [-0.4, -0.2) is 23.0 Å². The highest BCUT2D eigenvalue weighted by molar-refractivity contribution is 7.09. The lowest BCUT2D eigenvalue weighted by molar-refractivity contribution is 0.298. The molecule has 0 amide bonds. The van der Waals surface area contributed by atoms with Crippen LogP contribution in [0.3, 0.4) is 0 Å². The van der Waals surface area contributed by atoms with Crippen molar-refractivity contribution in [2.75, 3.05) is 13.1 Å². The van der Waals surface area contributed by atoms with Gasteiger partial charge in [-0.05, 0) is 42.9 Å². The maximum absolute atomic E-state index is 12.9. The maximum Gasteiger partial charge on any atom is 0.305 e. The third kappa shape index (κ3) is 3.30. The molecule has 1 N–H and O–H groups in total. The van der Waals surface area contributed by atoms with E-state index in [1.165, 1.54) is 23.5 Å². The molecule has 0 spiro atoms. The fourth-order valence-electron chi connectivity index (χ4n) is 1.97. The predicted octanol–water partition coefficient (Wildman–Crippen LogP) is 3.08. The van der Waals surface area contributed by atoms with Crippen LogP contribution in [0.1, 0.15) is 18.7 Å². The molecule has 0 aliphatic heterocycles. The van der Waals surface area contributed by atoms with Gasteiger partial charge < -0.3 is 4.98 Å². The van der Waals surface area contributed by atoms with Crippen molar-refractivity contribution in [1.82, 2.24) is 9.88 Å². The van der Waals surface area contributed by atoms with E-state index < -0.39 is 0 Å². The number of aromatic amines is 1. The zero-order chi connectivity index (χ0) is 13.8. The highest BCUT2D eigenvalue weighted by atomic mass is 32.1. The van der Waals surface area contributed by atoms with Crippen LogP contribution < -0.4 is 4.87 Å². The van der Waals surface area contributed by atoms with Crippen LogP contribution >= 0.6 is 11.3 Å². The molecule has 0 bridgehead atoms. The minimum absolute atomic E-state index is 0.0681. The van der Waals surface area contributed by atoms with Gasteiger partial charge in [0.15, 0.2) is 0 Å². The topological polar surface area (TPSA) is 36.1 Å². The van der Waals surface area contributed by atoms with Gasteiger partial charge in [-0.2, -0.15) is 0 Å². The molecule has 102 valence electrons.